The monoisotopic (exact) mass is 303 g/mol. The van der Waals surface area contributed by atoms with E-state index in [9.17, 15) is 0 Å². The molecule has 0 saturated carbocycles. The predicted octanol–water partition coefficient (Wildman–Crippen LogP) is 3.82. The van der Waals surface area contributed by atoms with E-state index in [0.29, 0.717) is 6.04 Å². The maximum atomic E-state index is 4.26. The van der Waals surface area contributed by atoms with Crippen molar-refractivity contribution >= 4 is 11.8 Å². The molecule has 1 heterocycles. The van der Waals surface area contributed by atoms with E-state index < -0.39 is 0 Å². The minimum Gasteiger partial charge on any atom is -0.310 e. The van der Waals surface area contributed by atoms with E-state index >= 15 is 0 Å². The van der Waals surface area contributed by atoms with Gasteiger partial charge < -0.3 is 5.32 Å². The molecule has 0 aliphatic carbocycles. The number of aryl methyl sites for hydroxylation is 2. The number of hydrogen-bond acceptors (Lipinski definition) is 3. The minimum absolute atomic E-state index is 0.406. The lowest BCUT2D eigenvalue weighted by Crippen LogP contribution is -2.23. The van der Waals surface area contributed by atoms with E-state index in [2.05, 4.69) is 53.9 Å². The molecule has 114 valence electrons. The Bertz CT molecular complexity index is 550. The lowest BCUT2D eigenvalue weighted by Gasteiger charge is -2.21. The van der Waals surface area contributed by atoms with Crippen LogP contribution < -0.4 is 5.32 Å². The zero-order valence-corrected chi connectivity index (χ0v) is 14.0. The highest BCUT2D eigenvalue weighted by atomic mass is 32.2. The van der Waals surface area contributed by atoms with Crippen LogP contribution in [0.15, 0.2) is 41.4 Å². The summed E-state index contributed by atoms with van der Waals surface area (Å²) >= 11 is 1.83. The van der Waals surface area contributed by atoms with Gasteiger partial charge in [0.15, 0.2) is 0 Å². The van der Waals surface area contributed by atoms with Crippen LogP contribution in [0.5, 0.6) is 0 Å². The molecule has 21 heavy (non-hydrogen) atoms. The summed E-state index contributed by atoms with van der Waals surface area (Å²) in [5.41, 5.74) is 2.71. The molecule has 1 aromatic heterocycles. The highest BCUT2D eigenvalue weighted by Crippen LogP contribution is 2.28. The van der Waals surface area contributed by atoms with Crippen LogP contribution in [0.2, 0.25) is 0 Å². The molecule has 4 heteroatoms. The van der Waals surface area contributed by atoms with Gasteiger partial charge in [-0.15, -0.1) is 11.8 Å². The molecule has 1 atom stereocenters. The fourth-order valence-electron chi connectivity index (χ4n) is 2.58. The molecule has 0 bridgehead atoms. The molecule has 0 aliphatic heterocycles. The molecule has 0 saturated heterocycles. The Kier molecular flexibility index (Phi) is 6.33. The van der Waals surface area contributed by atoms with Gasteiger partial charge in [-0.05, 0) is 49.8 Å². The van der Waals surface area contributed by atoms with Crippen LogP contribution in [0.3, 0.4) is 0 Å². The summed E-state index contributed by atoms with van der Waals surface area (Å²) in [6, 6.07) is 11.2. The molecule has 1 N–H and O–H groups in total. The fraction of sp³-hybridized carbons (Fsp3) is 0.471. The molecule has 1 unspecified atom stereocenters. The summed E-state index contributed by atoms with van der Waals surface area (Å²) in [6.07, 6.45) is 7.32. The van der Waals surface area contributed by atoms with Crippen molar-refractivity contribution in [2.24, 2.45) is 7.05 Å². The number of benzene rings is 1. The second kappa shape index (κ2) is 8.25. The van der Waals surface area contributed by atoms with Gasteiger partial charge in [0, 0.05) is 29.9 Å². The zero-order valence-electron chi connectivity index (χ0n) is 13.2. The minimum atomic E-state index is 0.406. The highest BCUT2D eigenvalue weighted by molar-refractivity contribution is 7.98. The summed E-state index contributed by atoms with van der Waals surface area (Å²) in [5, 5.41) is 7.95. The average Bonchev–Trinajstić information content (AvgIpc) is 2.93. The normalized spacial score (nSPS) is 12.5. The smallest absolute Gasteiger partial charge is 0.0492 e. The molecule has 1 aromatic carbocycles. The molecule has 0 spiro atoms. The zero-order chi connectivity index (χ0) is 15.1. The fourth-order valence-corrected chi connectivity index (χ4v) is 3.24. The Morgan fingerprint density at radius 1 is 1.29 bits per heavy atom. The first-order chi connectivity index (χ1) is 10.3. The summed E-state index contributed by atoms with van der Waals surface area (Å²) in [4.78, 5) is 1.37. The van der Waals surface area contributed by atoms with Crippen molar-refractivity contribution in [3.8, 4) is 0 Å². The summed E-state index contributed by atoms with van der Waals surface area (Å²) in [7, 11) is 2.01. The molecule has 0 aliphatic rings. The third-order valence-corrected chi connectivity index (χ3v) is 4.58. The standard InChI is InChI=1S/C17H25N3S/c1-4-12-18-16(10-9-14-11-13-19-20(14)2)15-7-5-6-8-17(15)21-3/h5-8,11,13,16,18H,4,9-10,12H2,1-3H3. The van der Waals surface area contributed by atoms with Gasteiger partial charge in [0.05, 0.1) is 0 Å². The molecule has 0 radical (unpaired) electrons. The second-order valence-corrected chi connectivity index (χ2v) is 6.08. The van der Waals surface area contributed by atoms with E-state index in [-0.39, 0.29) is 0 Å². The van der Waals surface area contributed by atoms with Crippen molar-refractivity contribution in [2.45, 2.75) is 37.1 Å². The van der Waals surface area contributed by atoms with Crippen LogP contribution in [0.4, 0.5) is 0 Å². The first kappa shape index (κ1) is 16.1. The maximum Gasteiger partial charge on any atom is 0.0492 e. The van der Waals surface area contributed by atoms with E-state index in [1.807, 2.05) is 29.7 Å². The van der Waals surface area contributed by atoms with E-state index in [1.165, 1.54) is 16.2 Å². The lowest BCUT2D eigenvalue weighted by molar-refractivity contribution is 0.486. The van der Waals surface area contributed by atoms with Gasteiger partial charge in [-0.3, -0.25) is 4.68 Å². The van der Waals surface area contributed by atoms with E-state index in [0.717, 1.165) is 25.8 Å². The molecular weight excluding hydrogens is 278 g/mol. The van der Waals surface area contributed by atoms with E-state index in [4.69, 9.17) is 0 Å². The largest absolute Gasteiger partial charge is 0.310 e. The third kappa shape index (κ3) is 4.35. The van der Waals surface area contributed by atoms with Crippen LogP contribution in [0.25, 0.3) is 0 Å². The summed E-state index contributed by atoms with van der Waals surface area (Å²) in [5.74, 6) is 0. The van der Waals surface area contributed by atoms with Gasteiger partial charge in [-0.1, -0.05) is 25.1 Å². The molecule has 2 rings (SSSR count). The number of thioether (sulfide) groups is 1. The van der Waals surface area contributed by atoms with Gasteiger partial charge in [-0.25, -0.2) is 0 Å². The average molecular weight is 303 g/mol. The SMILES string of the molecule is CCCNC(CCc1ccnn1C)c1ccccc1SC. The van der Waals surface area contributed by atoms with Crippen molar-refractivity contribution in [1.29, 1.82) is 0 Å². The van der Waals surface area contributed by atoms with Crippen molar-refractivity contribution in [1.82, 2.24) is 15.1 Å². The molecule has 0 fully saturated rings. The topological polar surface area (TPSA) is 29.9 Å². The number of nitrogens with one attached hydrogen (secondary N) is 1. The van der Waals surface area contributed by atoms with Crippen LogP contribution in [0, 0.1) is 0 Å². The van der Waals surface area contributed by atoms with Gasteiger partial charge in [0.25, 0.3) is 0 Å². The van der Waals surface area contributed by atoms with Crippen LogP contribution in [0.1, 0.15) is 37.1 Å². The van der Waals surface area contributed by atoms with Crippen LogP contribution in [-0.2, 0) is 13.5 Å². The quantitative estimate of drug-likeness (QED) is 0.752. The highest BCUT2D eigenvalue weighted by Gasteiger charge is 2.14. The van der Waals surface area contributed by atoms with Crippen molar-refractivity contribution in [3.05, 3.63) is 47.8 Å². The van der Waals surface area contributed by atoms with E-state index in [1.54, 1.807) is 0 Å². The summed E-state index contributed by atoms with van der Waals surface area (Å²) < 4.78 is 1.97. The number of hydrogen-bond donors (Lipinski definition) is 1. The lowest BCUT2D eigenvalue weighted by atomic mass is 10.0. The number of aromatic nitrogens is 2. The molecule has 3 nitrogen and oxygen atoms in total. The summed E-state index contributed by atoms with van der Waals surface area (Å²) in [6.45, 7) is 3.27. The molecule has 2 aromatic rings. The Morgan fingerprint density at radius 2 is 2.10 bits per heavy atom. The number of rotatable bonds is 8. The third-order valence-electron chi connectivity index (χ3n) is 3.77. The Labute approximate surface area is 132 Å². The predicted molar refractivity (Wildman–Crippen MR) is 90.8 cm³/mol. The van der Waals surface area contributed by atoms with Crippen molar-refractivity contribution < 1.29 is 0 Å². The molecular formula is C17H25N3S. The van der Waals surface area contributed by atoms with Gasteiger partial charge in [0.2, 0.25) is 0 Å². The Balaban J connectivity index is 2.12. The van der Waals surface area contributed by atoms with Crippen molar-refractivity contribution in [2.75, 3.05) is 12.8 Å². The van der Waals surface area contributed by atoms with Gasteiger partial charge in [-0.2, -0.15) is 5.10 Å². The second-order valence-electron chi connectivity index (χ2n) is 5.23. The first-order valence-electron chi connectivity index (χ1n) is 7.59. The molecule has 0 amide bonds. The van der Waals surface area contributed by atoms with Gasteiger partial charge in [0.1, 0.15) is 0 Å². The first-order valence-corrected chi connectivity index (χ1v) is 8.82. The maximum absolute atomic E-state index is 4.26. The Morgan fingerprint density at radius 3 is 2.76 bits per heavy atom. The number of nitrogens with zero attached hydrogens (tertiary/aromatic N) is 2. The van der Waals surface area contributed by atoms with Crippen molar-refractivity contribution in [3.63, 3.8) is 0 Å². The Hall–Kier alpha value is -1.26. The van der Waals surface area contributed by atoms with Gasteiger partial charge >= 0.3 is 0 Å². The van der Waals surface area contributed by atoms with Crippen LogP contribution >= 0.6 is 11.8 Å². The van der Waals surface area contributed by atoms with Crippen LogP contribution in [-0.4, -0.2) is 22.6 Å².